The summed E-state index contributed by atoms with van der Waals surface area (Å²) in [6.45, 7) is 5.06. The molecule has 1 heteroatoms. The zero-order valence-corrected chi connectivity index (χ0v) is 18.6. The van der Waals surface area contributed by atoms with E-state index in [1.807, 2.05) is 0 Å². The van der Waals surface area contributed by atoms with Gasteiger partial charge >= 0.3 is 0 Å². The van der Waals surface area contributed by atoms with Crippen molar-refractivity contribution in [3.8, 4) is 0 Å². The van der Waals surface area contributed by atoms with Gasteiger partial charge in [0.1, 0.15) is 0 Å². The largest absolute Gasteiger partial charge is 0.396 e. The Bertz CT molecular complexity index is 395. The van der Waals surface area contributed by atoms with E-state index in [4.69, 9.17) is 5.11 Å². The van der Waals surface area contributed by atoms with Crippen molar-refractivity contribution in [2.75, 3.05) is 6.61 Å². The zero-order valence-electron chi connectivity index (χ0n) is 18.6. The molecule has 0 bridgehead atoms. The second-order valence-electron chi connectivity index (χ2n) is 9.33. The lowest BCUT2D eigenvalue weighted by atomic mass is 9.76. The summed E-state index contributed by atoms with van der Waals surface area (Å²) in [7, 11) is 0. The third kappa shape index (κ3) is 14.1. The molecule has 1 rings (SSSR count). The van der Waals surface area contributed by atoms with Crippen molar-refractivity contribution >= 4 is 0 Å². The topological polar surface area (TPSA) is 20.2 Å². The highest BCUT2D eigenvalue weighted by Gasteiger charge is 2.22. The molecule has 1 nitrogen and oxygen atoms in total. The van der Waals surface area contributed by atoms with E-state index in [0.29, 0.717) is 12.0 Å². The molecule has 0 aromatic carbocycles. The van der Waals surface area contributed by atoms with Gasteiger partial charge in [-0.2, -0.15) is 0 Å². The Labute approximate surface area is 170 Å². The normalized spacial score (nSPS) is 19.4. The summed E-state index contributed by atoms with van der Waals surface area (Å²) in [6.07, 6.45) is 31.6. The van der Waals surface area contributed by atoms with Gasteiger partial charge in [0.2, 0.25) is 0 Å². The number of allylic oxidation sites excluding steroid dienone is 4. The molecule has 0 aromatic rings. The summed E-state index contributed by atoms with van der Waals surface area (Å²) in [5.74, 6) is 0. The molecule has 0 aliphatic heterocycles. The van der Waals surface area contributed by atoms with Crippen LogP contribution in [-0.2, 0) is 0 Å². The van der Waals surface area contributed by atoms with Gasteiger partial charge in [-0.05, 0) is 31.6 Å². The molecule has 0 spiro atoms. The molecule has 1 N–H and O–H groups in total. The molecule has 0 amide bonds. The minimum absolute atomic E-state index is 0.370. The van der Waals surface area contributed by atoms with Crippen molar-refractivity contribution in [3.63, 3.8) is 0 Å². The van der Waals surface area contributed by atoms with Crippen molar-refractivity contribution in [3.05, 3.63) is 23.8 Å². The van der Waals surface area contributed by atoms with E-state index < -0.39 is 0 Å². The maximum atomic E-state index is 8.74. The van der Waals surface area contributed by atoms with E-state index >= 15 is 0 Å². The van der Waals surface area contributed by atoms with Gasteiger partial charge in [0.15, 0.2) is 0 Å². The lowest BCUT2D eigenvalue weighted by Gasteiger charge is -2.28. The standard InChI is InChI=1S/C26H48O/c1-25-20-19-22-26(2,24-25)21-17-15-13-11-9-7-5-3-4-6-8-10-12-14-16-18-23-27/h19-20,22,27H,3-18,21,23-24H2,1-2H3. The fourth-order valence-electron chi connectivity index (χ4n) is 4.49. The van der Waals surface area contributed by atoms with Gasteiger partial charge in [0, 0.05) is 6.61 Å². The summed E-state index contributed by atoms with van der Waals surface area (Å²) >= 11 is 0. The fourth-order valence-corrected chi connectivity index (χ4v) is 4.49. The Morgan fingerprint density at radius 2 is 1.11 bits per heavy atom. The Morgan fingerprint density at radius 3 is 1.52 bits per heavy atom. The quantitative estimate of drug-likeness (QED) is 0.238. The SMILES string of the molecule is CC1=CC=CC(C)(CCCCCCCCCCCCCCCCCCO)C1. The van der Waals surface area contributed by atoms with Crippen LogP contribution in [0.5, 0.6) is 0 Å². The van der Waals surface area contributed by atoms with Gasteiger partial charge in [-0.15, -0.1) is 0 Å². The fraction of sp³-hybridized carbons (Fsp3) is 0.846. The molecular formula is C26H48O. The Morgan fingerprint density at radius 1 is 0.704 bits per heavy atom. The predicted molar refractivity (Wildman–Crippen MR) is 121 cm³/mol. The number of unbranched alkanes of at least 4 members (excludes halogenated alkanes) is 15. The van der Waals surface area contributed by atoms with Crippen LogP contribution in [-0.4, -0.2) is 11.7 Å². The Balaban J connectivity index is 1.76. The van der Waals surface area contributed by atoms with E-state index in [9.17, 15) is 0 Å². The Kier molecular flexibility index (Phi) is 14.9. The van der Waals surface area contributed by atoms with Crippen LogP contribution in [0.25, 0.3) is 0 Å². The number of aliphatic hydroxyl groups is 1. The van der Waals surface area contributed by atoms with Gasteiger partial charge in [-0.3, -0.25) is 0 Å². The average Bonchev–Trinajstić information content (AvgIpc) is 2.64. The van der Waals surface area contributed by atoms with E-state index in [2.05, 4.69) is 32.1 Å². The van der Waals surface area contributed by atoms with Crippen LogP contribution in [0, 0.1) is 5.41 Å². The molecule has 27 heavy (non-hydrogen) atoms. The van der Waals surface area contributed by atoms with E-state index in [1.165, 1.54) is 115 Å². The van der Waals surface area contributed by atoms with Gasteiger partial charge < -0.3 is 5.11 Å². The third-order valence-corrected chi connectivity index (χ3v) is 6.22. The number of hydrogen-bond donors (Lipinski definition) is 1. The third-order valence-electron chi connectivity index (χ3n) is 6.22. The highest BCUT2D eigenvalue weighted by atomic mass is 16.2. The summed E-state index contributed by atoms with van der Waals surface area (Å²) in [5, 5.41) is 8.74. The van der Waals surface area contributed by atoms with Crippen LogP contribution in [0.15, 0.2) is 23.8 Å². The summed E-state index contributed by atoms with van der Waals surface area (Å²) in [6, 6.07) is 0. The van der Waals surface area contributed by atoms with Crippen LogP contribution >= 0.6 is 0 Å². The molecule has 0 saturated carbocycles. The highest BCUT2D eigenvalue weighted by molar-refractivity contribution is 5.21. The average molecular weight is 377 g/mol. The molecule has 0 fully saturated rings. The van der Waals surface area contributed by atoms with E-state index in [-0.39, 0.29) is 0 Å². The van der Waals surface area contributed by atoms with Gasteiger partial charge in [-0.25, -0.2) is 0 Å². The molecule has 1 aliphatic rings. The van der Waals surface area contributed by atoms with Gasteiger partial charge in [-0.1, -0.05) is 127 Å². The zero-order chi connectivity index (χ0) is 19.6. The maximum Gasteiger partial charge on any atom is 0.0431 e. The van der Waals surface area contributed by atoms with Crippen LogP contribution in [0.3, 0.4) is 0 Å². The van der Waals surface area contributed by atoms with Gasteiger partial charge in [0.05, 0.1) is 0 Å². The lowest BCUT2D eigenvalue weighted by molar-refractivity contribution is 0.282. The minimum atomic E-state index is 0.370. The molecule has 1 unspecified atom stereocenters. The molecule has 0 aromatic heterocycles. The first-order valence-electron chi connectivity index (χ1n) is 12.1. The molecule has 0 heterocycles. The molecule has 0 radical (unpaired) electrons. The maximum absolute atomic E-state index is 8.74. The number of hydrogen-bond acceptors (Lipinski definition) is 1. The second kappa shape index (κ2) is 16.4. The highest BCUT2D eigenvalue weighted by Crippen LogP contribution is 2.36. The summed E-state index contributed by atoms with van der Waals surface area (Å²) in [5.41, 5.74) is 1.97. The molecule has 0 saturated heterocycles. The molecule has 1 atom stereocenters. The second-order valence-corrected chi connectivity index (χ2v) is 9.33. The first kappa shape index (κ1) is 24.5. The minimum Gasteiger partial charge on any atom is -0.396 e. The molecular weight excluding hydrogens is 328 g/mol. The molecule has 1 aliphatic carbocycles. The van der Waals surface area contributed by atoms with Crippen LogP contribution in [0.4, 0.5) is 0 Å². The first-order valence-corrected chi connectivity index (χ1v) is 12.1. The van der Waals surface area contributed by atoms with Crippen molar-refractivity contribution in [1.29, 1.82) is 0 Å². The smallest absolute Gasteiger partial charge is 0.0431 e. The van der Waals surface area contributed by atoms with E-state index in [1.54, 1.807) is 0 Å². The van der Waals surface area contributed by atoms with Crippen molar-refractivity contribution in [2.45, 2.75) is 129 Å². The Hall–Kier alpha value is -0.560. The van der Waals surface area contributed by atoms with Crippen LogP contribution < -0.4 is 0 Å². The predicted octanol–water partition coefficient (Wildman–Crippen LogP) is 8.52. The van der Waals surface area contributed by atoms with Gasteiger partial charge in [0.25, 0.3) is 0 Å². The van der Waals surface area contributed by atoms with Crippen molar-refractivity contribution in [1.82, 2.24) is 0 Å². The van der Waals surface area contributed by atoms with Crippen molar-refractivity contribution in [2.24, 2.45) is 5.41 Å². The lowest BCUT2D eigenvalue weighted by Crippen LogP contribution is -2.15. The van der Waals surface area contributed by atoms with Crippen molar-refractivity contribution < 1.29 is 5.11 Å². The number of aliphatic hydroxyl groups excluding tert-OH is 1. The van der Waals surface area contributed by atoms with Crippen LogP contribution in [0.1, 0.15) is 129 Å². The monoisotopic (exact) mass is 376 g/mol. The van der Waals surface area contributed by atoms with Crippen LogP contribution in [0.2, 0.25) is 0 Å². The number of rotatable bonds is 18. The first-order chi connectivity index (χ1) is 13.2. The molecule has 158 valence electrons. The van der Waals surface area contributed by atoms with E-state index in [0.717, 1.165) is 6.42 Å². The summed E-state index contributed by atoms with van der Waals surface area (Å²) in [4.78, 5) is 0. The summed E-state index contributed by atoms with van der Waals surface area (Å²) < 4.78 is 0.